The Balaban J connectivity index is 2.33. The topological polar surface area (TPSA) is 120 Å². The summed E-state index contributed by atoms with van der Waals surface area (Å²) in [4.78, 5) is 11.8. The molecule has 2 N–H and O–H groups in total. The quantitative estimate of drug-likeness (QED) is 0.720. The second-order valence-electron chi connectivity index (χ2n) is 4.51. The molecule has 1 heterocycles. The van der Waals surface area contributed by atoms with Gasteiger partial charge >= 0.3 is 5.97 Å². The van der Waals surface area contributed by atoms with Crippen LogP contribution in [0.15, 0.2) is 29.4 Å². The number of sulfonamides is 1. The third-order valence-electron chi connectivity index (χ3n) is 3.00. The number of rotatable bonds is 7. The van der Waals surface area contributed by atoms with Crippen LogP contribution >= 0.6 is 0 Å². The van der Waals surface area contributed by atoms with E-state index in [0.717, 1.165) is 6.20 Å². The molecule has 130 valence electrons. The summed E-state index contributed by atoms with van der Waals surface area (Å²) >= 11 is 0. The molecule has 1 aromatic carbocycles. The van der Waals surface area contributed by atoms with Crippen molar-refractivity contribution in [2.45, 2.75) is 11.9 Å². The van der Waals surface area contributed by atoms with Crippen molar-refractivity contribution in [3.63, 3.8) is 0 Å². The van der Waals surface area contributed by atoms with Gasteiger partial charge in [0.2, 0.25) is 0 Å². The minimum Gasteiger partial charge on any atom is -0.493 e. The molecule has 0 atom stereocenters. The molecule has 0 saturated carbocycles. The van der Waals surface area contributed by atoms with E-state index in [2.05, 4.69) is 14.9 Å². The molecule has 0 bridgehead atoms. The number of H-pyrrole nitrogens is 1. The molecule has 10 heteroatoms. The normalized spacial score (nSPS) is 11.0. The van der Waals surface area contributed by atoms with Crippen molar-refractivity contribution in [3.05, 3.63) is 30.0 Å². The highest BCUT2D eigenvalue weighted by Gasteiger charge is 2.26. The van der Waals surface area contributed by atoms with Crippen LogP contribution in [0.5, 0.6) is 11.5 Å². The number of anilines is 1. The molecule has 0 aliphatic rings. The first-order valence-corrected chi connectivity index (χ1v) is 8.36. The second kappa shape index (κ2) is 7.21. The number of benzene rings is 1. The highest BCUT2D eigenvalue weighted by Crippen LogP contribution is 2.30. The lowest BCUT2D eigenvalue weighted by Crippen LogP contribution is -2.17. The lowest BCUT2D eigenvalue weighted by molar-refractivity contribution is 0.0522. The Morgan fingerprint density at radius 1 is 1.25 bits per heavy atom. The number of aromatic amines is 1. The minimum absolute atomic E-state index is 0.118. The Kier molecular flexibility index (Phi) is 5.29. The minimum atomic E-state index is -4.07. The number of nitrogens with one attached hydrogen (secondary N) is 2. The molecule has 0 saturated heterocycles. The van der Waals surface area contributed by atoms with Crippen LogP contribution in [0.4, 0.5) is 5.69 Å². The van der Waals surface area contributed by atoms with Gasteiger partial charge < -0.3 is 14.2 Å². The van der Waals surface area contributed by atoms with E-state index in [4.69, 9.17) is 14.2 Å². The first-order valence-electron chi connectivity index (χ1n) is 6.88. The molecule has 2 rings (SSSR count). The van der Waals surface area contributed by atoms with Crippen LogP contribution in [-0.4, -0.2) is 45.4 Å². The zero-order valence-corrected chi connectivity index (χ0v) is 14.1. The second-order valence-corrected chi connectivity index (χ2v) is 6.13. The summed E-state index contributed by atoms with van der Waals surface area (Å²) in [7, 11) is -1.17. The van der Waals surface area contributed by atoms with E-state index in [1.807, 2.05) is 0 Å². The number of aromatic nitrogens is 2. The fourth-order valence-corrected chi connectivity index (χ4v) is 3.08. The summed E-state index contributed by atoms with van der Waals surface area (Å²) in [6.07, 6.45) is 1.10. The third-order valence-corrected chi connectivity index (χ3v) is 4.36. The molecule has 24 heavy (non-hydrogen) atoms. The summed E-state index contributed by atoms with van der Waals surface area (Å²) in [6, 6.07) is 4.51. The van der Waals surface area contributed by atoms with Gasteiger partial charge in [-0.05, 0) is 19.1 Å². The van der Waals surface area contributed by atoms with Crippen LogP contribution in [0.2, 0.25) is 0 Å². The SMILES string of the molecule is CCOC(=O)c1cn[nH]c1S(=O)(=O)Nc1ccc(OC)c(OC)c1. The van der Waals surface area contributed by atoms with Crippen molar-refractivity contribution < 1.29 is 27.4 Å². The summed E-state index contributed by atoms with van der Waals surface area (Å²) in [5, 5.41) is 5.53. The molecule has 2 aromatic rings. The van der Waals surface area contributed by atoms with Gasteiger partial charge in [-0.3, -0.25) is 9.82 Å². The molecular formula is C14H17N3O6S. The summed E-state index contributed by atoms with van der Waals surface area (Å²) in [6.45, 7) is 1.74. The maximum absolute atomic E-state index is 12.5. The van der Waals surface area contributed by atoms with E-state index in [1.165, 1.54) is 26.4 Å². The van der Waals surface area contributed by atoms with E-state index in [9.17, 15) is 13.2 Å². The van der Waals surface area contributed by atoms with Gasteiger partial charge in [-0.15, -0.1) is 0 Å². The lowest BCUT2D eigenvalue weighted by atomic mass is 10.3. The Morgan fingerprint density at radius 2 is 1.96 bits per heavy atom. The Bertz CT molecular complexity index is 831. The van der Waals surface area contributed by atoms with Crippen LogP contribution in [0.3, 0.4) is 0 Å². The molecular weight excluding hydrogens is 338 g/mol. The molecule has 0 unspecified atom stereocenters. The van der Waals surface area contributed by atoms with Crippen molar-refractivity contribution in [2.75, 3.05) is 25.5 Å². The summed E-state index contributed by atoms with van der Waals surface area (Å²) < 4.78 is 42.3. The van der Waals surface area contributed by atoms with E-state index in [1.54, 1.807) is 13.0 Å². The summed E-state index contributed by atoms with van der Waals surface area (Å²) in [5.74, 6) is 0.0288. The molecule has 0 spiro atoms. The van der Waals surface area contributed by atoms with Crippen molar-refractivity contribution >= 4 is 21.7 Å². The molecule has 0 amide bonds. The molecule has 0 aliphatic carbocycles. The predicted molar refractivity (Wildman–Crippen MR) is 84.9 cm³/mol. The van der Waals surface area contributed by atoms with Crippen LogP contribution < -0.4 is 14.2 Å². The van der Waals surface area contributed by atoms with Gasteiger partial charge in [0.15, 0.2) is 16.5 Å². The first kappa shape index (κ1) is 17.6. The lowest BCUT2D eigenvalue weighted by Gasteiger charge is -2.11. The van der Waals surface area contributed by atoms with Gasteiger partial charge in [0.1, 0.15) is 5.56 Å². The number of carbonyl (C=O) groups excluding carboxylic acids is 1. The number of methoxy groups -OCH3 is 2. The maximum atomic E-state index is 12.5. The smallest absolute Gasteiger partial charge is 0.342 e. The average Bonchev–Trinajstić information content (AvgIpc) is 3.05. The first-order chi connectivity index (χ1) is 11.4. The number of hydrogen-bond acceptors (Lipinski definition) is 7. The molecule has 0 aliphatic heterocycles. The molecule has 0 fully saturated rings. The van der Waals surface area contributed by atoms with E-state index in [-0.39, 0.29) is 22.9 Å². The van der Waals surface area contributed by atoms with Gasteiger partial charge in [-0.2, -0.15) is 13.5 Å². The van der Waals surface area contributed by atoms with Gasteiger partial charge in [-0.1, -0.05) is 0 Å². The largest absolute Gasteiger partial charge is 0.493 e. The monoisotopic (exact) mass is 355 g/mol. The van der Waals surface area contributed by atoms with Gasteiger partial charge in [0.05, 0.1) is 32.7 Å². The van der Waals surface area contributed by atoms with E-state index < -0.39 is 16.0 Å². The fraction of sp³-hybridized carbons (Fsp3) is 0.286. The zero-order chi connectivity index (χ0) is 17.7. The van der Waals surface area contributed by atoms with Gasteiger partial charge in [-0.25, -0.2) is 4.79 Å². The standard InChI is InChI=1S/C14H17N3O6S/c1-4-23-14(18)10-8-15-16-13(10)24(19,20)17-9-5-6-11(21-2)12(7-9)22-3/h5-8,17H,4H2,1-3H3,(H,15,16). The van der Waals surface area contributed by atoms with Crippen molar-refractivity contribution in [2.24, 2.45) is 0 Å². The third kappa shape index (κ3) is 3.59. The van der Waals surface area contributed by atoms with Gasteiger partial charge in [0.25, 0.3) is 10.0 Å². The van der Waals surface area contributed by atoms with Crippen molar-refractivity contribution in [1.29, 1.82) is 0 Å². The number of nitrogens with zero attached hydrogens (tertiary/aromatic N) is 1. The maximum Gasteiger partial charge on any atom is 0.342 e. The van der Waals surface area contributed by atoms with E-state index >= 15 is 0 Å². The molecule has 0 radical (unpaired) electrons. The molecule has 1 aromatic heterocycles. The summed E-state index contributed by atoms with van der Waals surface area (Å²) in [5.41, 5.74) is 0.0573. The number of carbonyl (C=O) groups is 1. The van der Waals surface area contributed by atoms with Crippen LogP contribution in [-0.2, 0) is 14.8 Å². The van der Waals surface area contributed by atoms with Crippen LogP contribution in [0.25, 0.3) is 0 Å². The number of ether oxygens (including phenoxy) is 3. The molecule has 9 nitrogen and oxygen atoms in total. The number of hydrogen-bond donors (Lipinski definition) is 2. The fourth-order valence-electron chi connectivity index (χ4n) is 1.94. The Morgan fingerprint density at radius 3 is 2.58 bits per heavy atom. The average molecular weight is 355 g/mol. The highest BCUT2D eigenvalue weighted by molar-refractivity contribution is 7.92. The van der Waals surface area contributed by atoms with Crippen molar-refractivity contribution in [3.8, 4) is 11.5 Å². The zero-order valence-electron chi connectivity index (χ0n) is 13.3. The van der Waals surface area contributed by atoms with Crippen LogP contribution in [0, 0.1) is 0 Å². The van der Waals surface area contributed by atoms with Crippen molar-refractivity contribution in [1.82, 2.24) is 10.2 Å². The Labute approximate surface area is 139 Å². The predicted octanol–water partition coefficient (Wildman–Crippen LogP) is 1.40. The Hall–Kier alpha value is -2.75. The highest BCUT2D eigenvalue weighted by atomic mass is 32.2. The van der Waals surface area contributed by atoms with Gasteiger partial charge in [0, 0.05) is 6.07 Å². The number of esters is 1. The van der Waals surface area contributed by atoms with Crippen LogP contribution in [0.1, 0.15) is 17.3 Å². The van der Waals surface area contributed by atoms with E-state index in [0.29, 0.717) is 11.5 Å².